The van der Waals surface area contributed by atoms with Gasteiger partial charge in [0, 0.05) is 27.1 Å². The second kappa shape index (κ2) is 9.24. The van der Waals surface area contributed by atoms with Crippen LogP contribution in [0, 0.1) is 22.7 Å². The van der Waals surface area contributed by atoms with Crippen LogP contribution in [-0.2, 0) is 0 Å². The van der Waals surface area contributed by atoms with Crippen LogP contribution in [0.25, 0.3) is 77.3 Å². The van der Waals surface area contributed by atoms with Crippen LogP contribution in [0.3, 0.4) is 0 Å². The van der Waals surface area contributed by atoms with E-state index in [1.807, 2.05) is 66.7 Å². The number of fused-ring (bicyclic) bond motifs is 6. The Balaban J connectivity index is 1.46. The molecule has 42 heavy (non-hydrogen) atoms. The molecule has 0 saturated carbocycles. The van der Waals surface area contributed by atoms with E-state index in [-0.39, 0.29) is 0 Å². The van der Waals surface area contributed by atoms with Gasteiger partial charge in [-0.1, -0.05) is 66.7 Å². The van der Waals surface area contributed by atoms with E-state index in [0.29, 0.717) is 11.1 Å². The highest BCUT2D eigenvalue weighted by Gasteiger charge is 2.18. The molecule has 0 saturated heterocycles. The molecule has 0 fully saturated rings. The van der Waals surface area contributed by atoms with E-state index in [4.69, 9.17) is 8.83 Å². The summed E-state index contributed by atoms with van der Waals surface area (Å²) in [6, 6.07) is 44.5. The lowest BCUT2D eigenvalue weighted by molar-refractivity contribution is 0.669. The lowest BCUT2D eigenvalue weighted by atomic mass is 9.90. The Morgan fingerprint density at radius 3 is 1.95 bits per heavy atom. The molecule has 4 heteroatoms. The highest BCUT2D eigenvalue weighted by atomic mass is 16.3. The molecule has 0 amide bonds. The minimum Gasteiger partial charge on any atom is -0.456 e. The van der Waals surface area contributed by atoms with Crippen molar-refractivity contribution < 1.29 is 8.83 Å². The number of rotatable bonds is 3. The lowest BCUT2D eigenvalue weighted by Gasteiger charge is -2.13. The van der Waals surface area contributed by atoms with Gasteiger partial charge >= 0.3 is 0 Å². The maximum absolute atomic E-state index is 9.95. The average molecular weight is 537 g/mol. The molecular weight excluding hydrogens is 516 g/mol. The minimum atomic E-state index is 0.578. The molecule has 0 N–H and O–H groups in total. The van der Waals surface area contributed by atoms with Crippen LogP contribution in [0.4, 0.5) is 0 Å². The molecule has 0 radical (unpaired) electrons. The molecule has 0 aliphatic carbocycles. The van der Waals surface area contributed by atoms with E-state index in [1.165, 1.54) is 0 Å². The van der Waals surface area contributed by atoms with Crippen molar-refractivity contribution in [1.29, 1.82) is 10.5 Å². The molecule has 8 aromatic rings. The van der Waals surface area contributed by atoms with E-state index in [0.717, 1.165) is 77.3 Å². The third kappa shape index (κ3) is 3.60. The monoisotopic (exact) mass is 536 g/mol. The van der Waals surface area contributed by atoms with Gasteiger partial charge in [0.15, 0.2) is 0 Å². The Bertz CT molecular complexity index is 2450. The Morgan fingerprint density at radius 1 is 0.452 bits per heavy atom. The number of para-hydroxylation sites is 2. The smallest absolute Gasteiger partial charge is 0.143 e. The Morgan fingerprint density at radius 2 is 1.10 bits per heavy atom. The van der Waals surface area contributed by atoms with Crippen LogP contribution in [0.2, 0.25) is 0 Å². The third-order valence-electron chi connectivity index (χ3n) is 7.94. The Hall–Kier alpha value is -6.10. The fourth-order valence-electron chi connectivity index (χ4n) is 6.04. The predicted octanol–water partition coefficient (Wildman–Crippen LogP) is 10.2. The first-order chi connectivity index (χ1) is 20.7. The zero-order chi connectivity index (χ0) is 28.2. The van der Waals surface area contributed by atoms with Gasteiger partial charge < -0.3 is 8.83 Å². The van der Waals surface area contributed by atoms with Gasteiger partial charge in [-0.25, -0.2) is 0 Å². The normalized spacial score (nSPS) is 11.3. The van der Waals surface area contributed by atoms with Crippen LogP contribution in [0.1, 0.15) is 11.1 Å². The predicted molar refractivity (Wildman–Crippen MR) is 167 cm³/mol. The average Bonchev–Trinajstić information content (AvgIpc) is 3.62. The van der Waals surface area contributed by atoms with Crippen molar-refractivity contribution in [3.05, 3.63) is 132 Å². The van der Waals surface area contributed by atoms with Crippen LogP contribution in [0.5, 0.6) is 0 Å². The molecule has 2 aromatic heterocycles. The van der Waals surface area contributed by atoms with Gasteiger partial charge in [-0.05, 0) is 82.4 Å². The highest BCUT2D eigenvalue weighted by Crippen LogP contribution is 2.42. The fourth-order valence-corrected chi connectivity index (χ4v) is 6.04. The van der Waals surface area contributed by atoms with Crippen molar-refractivity contribution in [3.63, 3.8) is 0 Å². The van der Waals surface area contributed by atoms with Crippen LogP contribution in [-0.4, -0.2) is 0 Å². The maximum Gasteiger partial charge on any atom is 0.143 e. The van der Waals surface area contributed by atoms with Crippen LogP contribution >= 0.6 is 0 Å². The number of furan rings is 2. The summed E-state index contributed by atoms with van der Waals surface area (Å²) in [7, 11) is 0. The molecule has 2 heterocycles. The fraction of sp³-hybridized carbons (Fsp3) is 0. The minimum absolute atomic E-state index is 0.578. The highest BCUT2D eigenvalue weighted by molar-refractivity contribution is 6.14. The summed E-state index contributed by atoms with van der Waals surface area (Å²) in [6.45, 7) is 0. The Kier molecular flexibility index (Phi) is 5.22. The van der Waals surface area contributed by atoms with Crippen molar-refractivity contribution in [2.45, 2.75) is 0 Å². The van der Waals surface area contributed by atoms with E-state index >= 15 is 0 Å². The first kappa shape index (κ1) is 23.8. The molecule has 0 bridgehead atoms. The quantitative estimate of drug-likeness (QED) is 0.225. The maximum atomic E-state index is 9.95. The van der Waals surface area contributed by atoms with Gasteiger partial charge in [0.2, 0.25) is 0 Å². The molecular formula is C38H20N2O2. The van der Waals surface area contributed by atoms with Crippen molar-refractivity contribution in [2.75, 3.05) is 0 Å². The molecule has 8 rings (SSSR count). The first-order valence-corrected chi connectivity index (χ1v) is 13.6. The number of hydrogen-bond donors (Lipinski definition) is 0. The summed E-state index contributed by atoms with van der Waals surface area (Å²) in [5.41, 5.74) is 10.0. The second-order valence-electron chi connectivity index (χ2n) is 10.3. The van der Waals surface area contributed by atoms with Gasteiger partial charge in [0.1, 0.15) is 22.3 Å². The van der Waals surface area contributed by atoms with Gasteiger partial charge in [-0.2, -0.15) is 10.5 Å². The molecule has 6 aromatic carbocycles. The molecule has 0 atom stereocenters. The number of nitrogens with zero attached hydrogens (tertiary/aromatic N) is 2. The first-order valence-electron chi connectivity index (χ1n) is 13.6. The largest absolute Gasteiger partial charge is 0.456 e. The number of benzene rings is 6. The number of hydrogen-bond acceptors (Lipinski definition) is 4. The van der Waals surface area contributed by atoms with Crippen LogP contribution < -0.4 is 0 Å². The Labute approximate surface area is 240 Å². The van der Waals surface area contributed by atoms with Gasteiger partial charge in [0.25, 0.3) is 0 Å². The molecule has 0 spiro atoms. The van der Waals surface area contributed by atoms with Crippen molar-refractivity contribution in [1.82, 2.24) is 0 Å². The van der Waals surface area contributed by atoms with Crippen LogP contribution in [0.15, 0.2) is 130 Å². The third-order valence-corrected chi connectivity index (χ3v) is 7.94. The molecule has 0 aliphatic rings. The van der Waals surface area contributed by atoms with E-state index in [1.54, 1.807) is 6.07 Å². The second-order valence-corrected chi connectivity index (χ2v) is 10.3. The molecule has 4 nitrogen and oxygen atoms in total. The standard InChI is InChI=1S/C38H20N2O2/c39-21-23-15-16-35-33(17-23)37-29(10-6-14-36(37)41-35)26-18-25(28-8-2-1-7-24(28)22-40)19-27(20-26)30-11-5-12-32-31-9-3-4-13-34(31)42-38(30)32/h1-20H. The van der Waals surface area contributed by atoms with E-state index in [2.05, 4.69) is 60.7 Å². The summed E-state index contributed by atoms with van der Waals surface area (Å²) in [4.78, 5) is 0. The topological polar surface area (TPSA) is 73.9 Å². The summed E-state index contributed by atoms with van der Waals surface area (Å²) in [5.74, 6) is 0. The number of nitriles is 2. The van der Waals surface area contributed by atoms with E-state index < -0.39 is 0 Å². The summed E-state index contributed by atoms with van der Waals surface area (Å²) in [5, 5.41) is 23.5. The van der Waals surface area contributed by atoms with Gasteiger partial charge in [-0.15, -0.1) is 0 Å². The summed E-state index contributed by atoms with van der Waals surface area (Å²) < 4.78 is 12.6. The van der Waals surface area contributed by atoms with Crippen molar-refractivity contribution >= 4 is 43.9 Å². The summed E-state index contributed by atoms with van der Waals surface area (Å²) >= 11 is 0. The van der Waals surface area contributed by atoms with Crippen molar-refractivity contribution in [3.8, 4) is 45.5 Å². The molecule has 0 unspecified atom stereocenters. The summed E-state index contributed by atoms with van der Waals surface area (Å²) in [6.07, 6.45) is 0. The molecule has 194 valence electrons. The van der Waals surface area contributed by atoms with Gasteiger partial charge in [-0.3, -0.25) is 0 Å². The van der Waals surface area contributed by atoms with E-state index in [9.17, 15) is 10.5 Å². The lowest BCUT2D eigenvalue weighted by Crippen LogP contribution is -1.89. The van der Waals surface area contributed by atoms with Crippen molar-refractivity contribution in [2.24, 2.45) is 0 Å². The SMILES string of the molecule is N#Cc1ccc2oc3cccc(-c4cc(-c5ccccc5C#N)cc(-c5cccc6c5oc5ccccc56)c4)c3c2c1. The zero-order valence-electron chi connectivity index (χ0n) is 22.3. The zero-order valence-corrected chi connectivity index (χ0v) is 22.3. The van der Waals surface area contributed by atoms with Gasteiger partial charge in [0.05, 0.1) is 23.3 Å². The molecule has 0 aliphatic heterocycles.